The van der Waals surface area contributed by atoms with E-state index < -0.39 is 5.97 Å². The van der Waals surface area contributed by atoms with Crippen molar-refractivity contribution < 1.29 is 18.7 Å². The number of amides is 1. The maximum atomic E-state index is 13.7. The molecule has 0 saturated carbocycles. The first-order valence-electron chi connectivity index (χ1n) is 9.35. The highest BCUT2D eigenvalue weighted by Crippen LogP contribution is 2.16. The number of esters is 1. The topological polar surface area (TPSA) is 64.4 Å². The van der Waals surface area contributed by atoms with Crippen molar-refractivity contribution in [2.24, 2.45) is 5.92 Å². The minimum atomic E-state index is -0.483. The van der Waals surface area contributed by atoms with Crippen molar-refractivity contribution in [2.45, 2.75) is 47.2 Å². The van der Waals surface area contributed by atoms with Gasteiger partial charge in [-0.25, -0.2) is 4.39 Å². The van der Waals surface area contributed by atoms with E-state index in [9.17, 15) is 14.0 Å². The quantitative estimate of drug-likeness (QED) is 0.651. The highest BCUT2D eigenvalue weighted by atomic mass is 19.1. The summed E-state index contributed by atoms with van der Waals surface area (Å²) in [5.74, 6) is -0.799. The molecule has 1 aromatic heterocycles. The van der Waals surface area contributed by atoms with Crippen LogP contribution in [0.25, 0.3) is 0 Å². The molecule has 0 aliphatic carbocycles. The molecule has 0 bridgehead atoms. The number of halogens is 1. The molecule has 0 aliphatic heterocycles. The summed E-state index contributed by atoms with van der Waals surface area (Å²) in [5, 5.41) is 4.48. The first-order chi connectivity index (χ1) is 13.2. The molecule has 0 fully saturated rings. The van der Waals surface area contributed by atoms with Gasteiger partial charge in [-0.1, -0.05) is 32.0 Å². The Morgan fingerprint density at radius 1 is 1.25 bits per heavy atom. The Kier molecular flexibility index (Phi) is 7.31. The van der Waals surface area contributed by atoms with Crippen molar-refractivity contribution in [2.75, 3.05) is 13.7 Å². The SMILES string of the molecule is Cc1nn(CC(C)C)c(C)c1CC(=O)OCC(=O)N(C)Cc1ccccc1F. The second kappa shape index (κ2) is 9.48. The third kappa shape index (κ3) is 5.65. The van der Waals surface area contributed by atoms with E-state index in [1.165, 1.54) is 11.0 Å². The number of hydrogen-bond acceptors (Lipinski definition) is 4. The van der Waals surface area contributed by atoms with Crippen LogP contribution in [0.15, 0.2) is 24.3 Å². The summed E-state index contributed by atoms with van der Waals surface area (Å²) in [5.41, 5.74) is 2.97. The molecule has 6 nitrogen and oxygen atoms in total. The maximum absolute atomic E-state index is 13.7. The molecule has 0 saturated heterocycles. The fourth-order valence-corrected chi connectivity index (χ4v) is 2.93. The summed E-state index contributed by atoms with van der Waals surface area (Å²) in [6, 6.07) is 6.26. The molecule has 152 valence electrons. The van der Waals surface area contributed by atoms with Gasteiger partial charge in [0.1, 0.15) is 5.82 Å². The van der Waals surface area contributed by atoms with Gasteiger partial charge >= 0.3 is 5.97 Å². The molecule has 7 heteroatoms. The fourth-order valence-electron chi connectivity index (χ4n) is 2.93. The zero-order valence-electron chi connectivity index (χ0n) is 17.2. The lowest BCUT2D eigenvalue weighted by Gasteiger charge is -2.17. The first-order valence-corrected chi connectivity index (χ1v) is 9.35. The van der Waals surface area contributed by atoms with Gasteiger partial charge < -0.3 is 9.64 Å². The van der Waals surface area contributed by atoms with Gasteiger partial charge in [0.15, 0.2) is 6.61 Å². The number of nitrogens with zero attached hydrogens (tertiary/aromatic N) is 3. The normalized spacial score (nSPS) is 11.0. The number of benzene rings is 1. The molecule has 2 rings (SSSR count). The van der Waals surface area contributed by atoms with Gasteiger partial charge in [0.05, 0.1) is 12.1 Å². The lowest BCUT2D eigenvalue weighted by Crippen LogP contribution is -2.31. The van der Waals surface area contributed by atoms with Gasteiger partial charge in [-0.3, -0.25) is 14.3 Å². The van der Waals surface area contributed by atoms with Crippen LogP contribution in [0.3, 0.4) is 0 Å². The number of carbonyl (C=O) groups excluding carboxylic acids is 2. The monoisotopic (exact) mass is 389 g/mol. The van der Waals surface area contributed by atoms with Crippen LogP contribution in [0.4, 0.5) is 4.39 Å². The number of carbonyl (C=O) groups is 2. The van der Waals surface area contributed by atoms with Crippen LogP contribution in [0, 0.1) is 25.6 Å². The van der Waals surface area contributed by atoms with Gasteiger partial charge in [0, 0.05) is 37.0 Å². The van der Waals surface area contributed by atoms with Crippen molar-refractivity contribution in [1.82, 2.24) is 14.7 Å². The lowest BCUT2D eigenvalue weighted by atomic mass is 10.1. The summed E-state index contributed by atoms with van der Waals surface area (Å²) in [6.45, 7) is 8.52. The predicted molar refractivity (Wildman–Crippen MR) is 104 cm³/mol. The van der Waals surface area contributed by atoms with E-state index in [-0.39, 0.29) is 31.3 Å². The third-order valence-corrected chi connectivity index (χ3v) is 4.54. The molecule has 0 spiro atoms. The first kappa shape index (κ1) is 21.6. The maximum Gasteiger partial charge on any atom is 0.310 e. The van der Waals surface area contributed by atoms with Crippen LogP contribution in [0.1, 0.15) is 36.4 Å². The molecular weight excluding hydrogens is 361 g/mol. The molecule has 1 aromatic carbocycles. The molecule has 0 atom stereocenters. The highest BCUT2D eigenvalue weighted by Gasteiger charge is 2.18. The molecule has 2 aromatic rings. The van der Waals surface area contributed by atoms with Crippen molar-refractivity contribution in [3.63, 3.8) is 0 Å². The smallest absolute Gasteiger partial charge is 0.310 e. The zero-order valence-corrected chi connectivity index (χ0v) is 17.2. The van der Waals surface area contributed by atoms with E-state index in [4.69, 9.17) is 4.74 Å². The summed E-state index contributed by atoms with van der Waals surface area (Å²) in [7, 11) is 1.55. The third-order valence-electron chi connectivity index (χ3n) is 4.54. The van der Waals surface area contributed by atoms with Gasteiger partial charge in [-0.15, -0.1) is 0 Å². The molecule has 0 N–H and O–H groups in total. The van der Waals surface area contributed by atoms with E-state index in [1.54, 1.807) is 25.2 Å². The van der Waals surface area contributed by atoms with E-state index in [1.807, 2.05) is 18.5 Å². The van der Waals surface area contributed by atoms with Crippen LogP contribution >= 0.6 is 0 Å². The Hall–Kier alpha value is -2.70. The number of rotatable bonds is 8. The molecule has 1 amide bonds. The average molecular weight is 389 g/mol. The van der Waals surface area contributed by atoms with E-state index in [0.29, 0.717) is 11.5 Å². The summed E-state index contributed by atoms with van der Waals surface area (Å²) in [6.07, 6.45) is 0.0695. The van der Waals surface area contributed by atoms with E-state index >= 15 is 0 Å². The standard InChI is InChI=1S/C21H28FN3O3/c1-14(2)11-25-16(4)18(15(3)23-25)10-21(27)28-13-20(26)24(5)12-17-8-6-7-9-19(17)22/h6-9,14H,10-13H2,1-5H3. The highest BCUT2D eigenvalue weighted by molar-refractivity contribution is 5.81. The van der Waals surface area contributed by atoms with Crippen LogP contribution in [-0.2, 0) is 33.8 Å². The zero-order chi connectivity index (χ0) is 20.8. The predicted octanol–water partition coefficient (Wildman–Crippen LogP) is 3.04. The molecule has 1 heterocycles. The number of likely N-dealkylation sites (N-methyl/N-ethyl adjacent to an activating group) is 1. The number of hydrogen-bond donors (Lipinski definition) is 0. The minimum absolute atomic E-state index is 0.0695. The van der Waals surface area contributed by atoms with E-state index in [2.05, 4.69) is 18.9 Å². The second-order valence-electron chi connectivity index (χ2n) is 7.40. The Labute approximate surface area is 165 Å². The Morgan fingerprint density at radius 3 is 2.57 bits per heavy atom. The van der Waals surface area contributed by atoms with Crippen molar-refractivity contribution in [3.8, 4) is 0 Å². The Morgan fingerprint density at radius 2 is 1.93 bits per heavy atom. The van der Waals surface area contributed by atoms with Crippen LogP contribution in [0.5, 0.6) is 0 Å². The summed E-state index contributed by atoms with van der Waals surface area (Å²) in [4.78, 5) is 25.7. The largest absolute Gasteiger partial charge is 0.455 e. The van der Waals surface area contributed by atoms with Gasteiger partial charge in [0.2, 0.25) is 0 Å². The van der Waals surface area contributed by atoms with Crippen molar-refractivity contribution in [1.29, 1.82) is 0 Å². The van der Waals surface area contributed by atoms with Crippen LogP contribution in [-0.4, -0.2) is 40.2 Å². The molecule has 0 aliphatic rings. The number of aromatic nitrogens is 2. The number of ether oxygens (including phenoxy) is 1. The van der Waals surface area contributed by atoms with Gasteiger partial charge in [-0.05, 0) is 25.8 Å². The van der Waals surface area contributed by atoms with Gasteiger partial charge in [0.25, 0.3) is 5.91 Å². The molecular formula is C21H28FN3O3. The Bertz CT molecular complexity index is 845. The van der Waals surface area contributed by atoms with Crippen molar-refractivity contribution >= 4 is 11.9 Å². The summed E-state index contributed by atoms with van der Waals surface area (Å²) < 4.78 is 20.7. The molecule has 0 unspecified atom stereocenters. The summed E-state index contributed by atoms with van der Waals surface area (Å²) >= 11 is 0. The fraction of sp³-hybridized carbons (Fsp3) is 0.476. The molecule has 28 heavy (non-hydrogen) atoms. The van der Waals surface area contributed by atoms with Crippen LogP contribution < -0.4 is 0 Å². The number of aryl methyl sites for hydroxylation is 1. The lowest BCUT2D eigenvalue weighted by molar-refractivity contribution is -0.151. The van der Waals surface area contributed by atoms with Crippen LogP contribution in [0.2, 0.25) is 0 Å². The molecule has 0 radical (unpaired) electrons. The Balaban J connectivity index is 1.89. The van der Waals surface area contributed by atoms with Crippen molar-refractivity contribution in [3.05, 3.63) is 52.6 Å². The van der Waals surface area contributed by atoms with Gasteiger partial charge in [-0.2, -0.15) is 5.10 Å². The van der Waals surface area contributed by atoms with E-state index in [0.717, 1.165) is 23.5 Å². The second-order valence-corrected chi connectivity index (χ2v) is 7.40. The average Bonchev–Trinajstić information content (AvgIpc) is 2.88. The minimum Gasteiger partial charge on any atom is -0.455 e.